The Balaban J connectivity index is 1.63. The van der Waals surface area contributed by atoms with E-state index < -0.39 is 0 Å². The number of benzene rings is 1. The molecule has 1 saturated heterocycles. The summed E-state index contributed by atoms with van der Waals surface area (Å²) in [5.41, 5.74) is 1.69. The molecule has 1 fully saturated rings. The van der Waals surface area contributed by atoms with E-state index in [1.54, 1.807) is 23.4 Å². The highest BCUT2D eigenvalue weighted by Gasteiger charge is 2.26. The number of urea groups is 1. The number of ether oxygens (including phenoxy) is 1. The van der Waals surface area contributed by atoms with Crippen LogP contribution in [0.25, 0.3) is 0 Å². The van der Waals surface area contributed by atoms with Gasteiger partial charge in [-0.3, -0.25) is 4.98 Å². The number of hydrogen-bond acceptors (Lipinski definition) is 3. The molecular formula is C18H20FN3O2. The number of amides is 2. The van der Waals surface area contributed by atoms with Crippen molar-refractivity contribution in [3.8, 4) is 0 Å². The fourth-order valence-corrected chi connectivity index (χ4v) is 2.73. The maximum Gasteiger partial charge on any atom is 0.318 e. The van der Waals surface area contributed by atoms with Gasteiger partial charge in [0.05, 0.1) is 19.2 Å². The first-order valence-corrected chi connectivity index (χ1v) is 7.96. The van der Waals surface area contributed by atoms with E-state index in [0.717, 1.165) is 11.1 Å². The summed E-state index contributed by atoms with van der Waals surface area (Å²) in [4.78, 5) is 18.3. The summed E-state index contributed by atoms with van der Waals surface area (Å²) in [6.45, 7) is 3.25. The first-order chi connectivity index (χ1) is 11.6. The van der Waals surface area contributed by atoms with E-state index in [9.17, 15) is 9.18 Å². The Bertz CT molecular complexity index is 696. The normalized spacial score (nSPS) is 18.9. The Labute approximate surface area is 140 Å². The van der Waals surface area contributed by atoms with Gasteiger partial charge in [-0.25, -0.2) is 9.18 Å². The molecule has 0 bridgehead atoms. The van der Waals surface area contributed by atoms with Crippen molar-refractivity contribution in [1.82, 2.24) is 15.2 Å². The molecule has 2 amide bonds. The second kappa shape index (κ2) is 7.40. The standard InChI is InChI=1S/C18H20FN3O2/c1-13(15-5-3-7-20-11-15)21-18(23)22-8-9-24-17(12-22)14-4-2-6-16(19)10-14/h2-7,10-11,13,17H,8-9,12H2,1H3,(H,21,23)/t13-,17+/m1/s1. The fraction of sp³-hybridized carbons (Fsp3) is 0.333. The summed E-state index contributed by atoms with van der Waals surface area (Å²) in [5.74, 6) is -0.303. The molecule has 126 valence electrons. The molecule has 0 radical (unpaired) electrons. The molecule has 1 aliphatic rings. The molecule has 2 heterocycles. The first kappa shape index (κ1) is 16.4. The number of carbonyl (C=O) groups is 1. The number of halogens is 1. The summed E-state index contributed by atoms with van der Waals surface area (Å²) in [7, 11) is 0. The van der Waals surface area contributed by atoms with Crippen LogP contribution in [0.4, 0.5) is 9.18 Å². The summed E-state index contributed by atoms with van der Waals surface area (Å²) in [6, 6.07) is 9.78. The molecule has 2 atom stereocenters. The van der Waals surface area contributed by atoms with Crippen LogP contribution in [0.1, 0.15) is 30.2 Å². The predicted molar refractivity (Wildman–Crippen MR) is 87.8 cm³/mol. The Morgan fingerprint density at radius 3 is 3.04 bits per heavy atom. The second-order valence-corrected chi connectivity index (χ2v) is 5.82. The third-order valence-corrected chi connectivity index (χ3v) is 4.10. The van der Waals surface area contributed by atoms with Crippen LogP contribution in [0.15, 0.2) is 48.8 Å². The lowest BCUT2D eigenvalue weighted by Crippen LogP contribution is -2.47. The van der Waals surface area contributed by atoms with Gasteiger partial charge in [0.2, 0.25) is 0 Å². The predicted octanol–water partition coefficient (Wildman–Crippen LogP) is 3.06. The fourth-order valence-electron chi connectivity index (χ4n) is 2.73. The van der Waals surface area contributed by atoms with Gasteiger partial charge in [-0.05, 0) is 36.2 Å². The molecule has 0 unspecified atom stereocenters. The van der Waals surface area contributed by atoms with Crippen LogP contribution in [0.5, 0.6) is 0 Å². The van der Waals surface area contributed by atoms with Crippen LogP contribution in [0, 0.1) is 5.82 Å². The molecule has 1 aromatic carbocycles. The lowest BCUT2D eigenvalue weighted by atomic mass is 10.1. The minimum atomic E-state index is -0.311. The zero-order valence-corrected chi connectivity index (χ0v) is 13.5. The average Bonchev–Trinajstić information content (AvgIpc) is 2.62. The van der Waals surface area contributed by atoms with Crippen molar-refractivity contribution in [3.63, 3.8) is 0 Å². The molecule has 1 aromatic heterocycles. The van der Waals surface area contributed by atoms with E-state index in [-0.39, 0.29) is 24.0 Å². The van der Waals surface area contributed by atoms with Crippen molar-refractivity contribution in [2.24, 2.45) is 0 Å². The maximum absolute atomic E-state index is 13.4. The Morgan fingerprint density at radius 2 is 2.29 bits per heavy atom. The molecule has 2 aromatic rings. The number of hydrogen-bond donors (Lipinski definition) is 1. The molecule has 0 saturated carbocycles. The number of aromatic nitrogens is 1. The van der Waals surface area contributed by atoms with Gasteiger partial charge in [-0.2, -0.15) is 0 Å². The topological polar surface area (TPSA) is 54.5 Å². The van der Waals surface area contributed by atoms with Gasteiger partial charge in [0, 0.05) is 18.9 Å². The Morgan fingerprint density at radius 1 is 1.42 bits per heavy atom. The maximum atomic E-state index is 13.4. The van der Waals surface area contributed by atoms with Gasteiger partial charge < -0.3 is 15.0 Å². The van der Waals surface area contributed by atoms with E-state index in [2.05, 4.69) is 10.3 Å². The summed E-state index contributed by atoms with van der Waals surface area (Å²) < 4.78 is 19.1. The van der Waals surface area contributed by atoms with Crippen LogP contribution in [0.3, 0.4) is 0 Å². The third-order valence-electron chi connectivity index (χ3n) is 4.10. The molecular weight excluding hydrogens is 309 g/mol. The average molecular weight is 329 g/mol. The molecule has 1 N–H and O–H groups in total. The highest BCUT2D eigenvalue weighted by molar-refractivity contribution is 5.74. The number of nitrogens with zero attached hydrogens (tertiary/aromatic N) is 2. The largest absolute Gasteiger partial charge is 0.370 e. The van der Waals surface area contributed by atoms with Gasteiger partial charge in [-0.15, -0.1) is 0 Å². The summed E-state index contributed by atoms with van der Waals surface area (Å²) in [5, 5.41) is 2.97. The number of morpholine rings is 1. The smallest absolute Gasteiger partial charge is 0.318 e. The van der Waals surface area contributed by atoms with Crippen molar-refractivity contribution < 1.29 is 13.9 Å². The molecule has 6 heteroatoms. The molecule has 0 spiro atoms. The molecule has 5 nitrogen and oxygen atoms in total. The molecule has 1 aliphatic heterocycles. The molecule has 24 heavy (non-hydrogen) atoms. The zero-order chi connectivity index (χ0) is 16.9. The quantitative estimate of drug-likeness (QED) is 0.941. The van der Waals surface area contributed by atoms with Crippen LogP contribution < -0.4 is 5.32 Å². The molecule has 0 aliphatic carbocycles. The number of carbonyl (C=O) groups excluding carboxylic acids is 1. The molecule has 3 rings (SSSR count). The van der Waals surface area contributed by atoms with Crippen LogP contribution in [0.2, 0.25) is 0 Å². The van der Waals surface area contributed by atoms with E-state index in [1.165, 1.54) is 12.1 Å². The number of rotatable bonds is 3. The first-order valence-electron chi connectivity index (χ1n) is 7.96. The second-order valence-electron chi connectivity index (χ2n) is 5.82. The number of nitrogens with one attached hydrogen (secondary N) is 1. The van der Waals surface area contributed by atoms with Gasteiger partial charge in [0.25, 0.3) is 0 Å². The van der Waals surface area contributed by atoms with Crippen molar-refractivity contribution >= 4 is 6.03 Å². The minimum Gasteiger partial charge on any atom is -0.370 e. The van der Waals surface area contributed by atoms with Crippen LogP contribution in [-0.2, 0) is 4.74 Å². The number of pyridine rings is 1. The highest BCUT2D eigenvalue weighted by Crippen LogP contribution is 2.23. The van der Waals surface area contributed by atoms with Gasteiger partial charge in [0.1, 0.15) is 11.9 Å². The zero-order valence-electron chi connectivity index (χ0n) is 13.5. The van der Waals surface area contributed by atoms with Gasteiger partial charge >= 0.3 is 6.03 Å². The van der Waals surface area contributed by atoms with E-state index in [0.29, 0.717) is 19.7 Å². The monoisotopic (exact) mass is 329 g/mol. The highest BCUT2D eigenvalue weighted by atomic mass is 19.1. The summed E-state index contributed by atoms with van der Waals surface area (Å²) in [6.07, 6.45) is 3.12. The Kier molecular flexibility index (Phi) is 5.05. The van der Waals surface area contributed by atoms with Crippen molar-refractivity contribution in [2.75, 3.05) is 19.7 Å². The lowest BCUT2D eigenvalue weighted by Gasteiger charge is -2.34. The van der Waals surface area contributed by atoms with Crippen molar-refractivity contribution in [3.05, 3.63) is 65.7 Å². The van der Waals surface area contributed by atoms with Crippen LogP contribution in [-0.4, -0.2) is 35.6 Å². The van der Waals surface area contributed by atoms with Gasteiger partial charge in [-0.1, -0.05) is 18.2 Å². The van der Waals surface area contributed by atoms with Gasteiger partial charge in [0.15, 0.2) is 0 Å². The lowest BCUT2D eigenvalue weighted by molar-refractivity contribution is -0.0158. The van der Waals surface area contributed by atoms with E-state index in [4.69, 9.17) is 4.74 Å². The van der Waals surface area contributed by atoms with Crippen molar-refractivity contribution in [1.29, 1.82) is 0 Å². The summed E-state index contributed by atoms with van der Waals surface area (Å²) >= 11 is 0. The SMILES string of the molecule is C[C@@H](NC(=O)N1CCO[C@H](c2cccc(F)c2)C1)c1cccnc1. The van der Waals surface area contributed by atoms with Crippen molar-refractivity contribution in [2.45, 2.75) is 19.1 Å². The Hall–Kier alpha value is -2.47. The minimum absolute atomic E-state index is 0.137. The third kappa shape index (κ3) is 3.89. The van der Waals surface area contributed by atoms with Crippen LogP contribution >= 0.6 is 0 Å². The van der Waals surface area contributed by atoms with E-state index in [1.807, 2.05) is 25.1 Å². The van der Waals surface area contributed by atoms with E-state index >= 15 is 0 Å².